The van der Waals surface area contributed by atoms with Crippen LogP contribution in [0.15, 0.2) is 62.2 Å². The highest BCUT2D eigenvalue weighted by Gasteiger charge is 2.42. The number of hydrogen-bond donors (Lipinski definition) is 0. The van der Waals surface area contributed by atoms with Gasteiger partial charge in [0.15, 0.2) is 0 Å². The van der Waals surface area contributed by atoms with Crippen molar-refractivity contribution in [2.75, 3.05) is 13.2 Å². The third-order valence-electron chi connectivity index (χ3n) is 5.02. The Bertz CT molecular complexity index is 1120. The van der Waals surface area contributed by atoms with E-state index in [0.29, 0.717) is 36.3 Å². The van der Waals surface area contributed by atoms with E-state index in [4.69, 9.17) is 9.15 Å². The normalized spacial score (nSPS) is 16.1. The van der Waals surface area contributed by atoms with Gasteiger partial charge in [0.2, 0.25) is 5.43 Å². The molecule has 0 radical (unpaired) electrons. The number of hydrogen-bond acceptors (Lipinski definition) is 4. The topological polar surface area (TPSA) is 59.8 Å². The van der Waals surface area contributed by atoms with Crippen LogP contribution in [0, 0.1) is 0 Å². The Morgan fingerprint density at radius 2 is 1.93 bits per heavy atom. The monoisotopic (exact) mass is 455 g/mol. The number of rotatable bonds is 6. The first-order valence-corrected chi connectivity index (χ1v) is 10.5. The van der Waals surface area contributed by atoms with E-state index < -0.39 is 6.04 Å². The van der Waals surface area contributed by atoms with Gasteiger partial charge in [-0.2, -0.15) is 0 Å². The molecule has 6 heteroatoms. The summed E-state index contributed by atoms with van der Waals surface area (Å²) in [6.07, 6.45) is 0.812. The largest absolute Gasteiger partial charge is 0.457 e. The Morgan fingerprint density at radius 1 is 1.14 bits per heavy atom. The molecule has 0 aliphatic carbocycles. The zero-order valence-corrected chi connectivity index (χ0v) is 17.9. The molecule has 29 heavy (non-hydrogen) atoms. The average Bonchev–Trinajstić information content (AvgIpc) is 2.97. The fourth-order valence-corrected chi connectivity index (χ4v) is 4.17. The van der Waals surface area contributed by atoms with Crippen molar-refractivity contribution in [3.8, 4) is 0 Å². The van der Waals surface area contributed by atoms with Gasteiger partial charge in [-0.25, -0.2) is 0 Å². The molecule has 2 aromatic carbocycles. The van der Waals surface area contributed by atoms with Crippen LogP contribution in [0.25, 0.3) is 11.0 Å². The molecule has 1 aliphatic rings. The molecule has 5 nitrogen and oxygen atoms in total. The predicted octanol–water partition coefficient (Wildman–Crippen LogP) is 4.92. The predicted molar refractivity (Wildman–Crippen MR) is 115 cm³/mol. The van der Waals surface area contributed by atoms with Crippen molar-refractivity contribution in [1.29, 1.82) is 0 Å². The number of benzene rings is 2. The van der Waals surface area contributed by atoms with Crippen molar-refractivity contribution in [3.05, 3.63) is 80.1 Å². The number of nitrogens with zero attached hydrogens (tertiary/aromatic N) is 1. The van der Waals surface area contributed by atoms with Crippen LogP contribution < -0.4 is 5.43 Å². The van der Waals surface area contributed by atoms with Crippen LogP contribution >= 0.6 is 15.9 Å². The van der Waals surface area contributed by atoms with Gasteiger partial charge in [0, 0.05) is 17.6 Å². The molecule has 2 heterocycles. The lowest BCUT2D eigenvalue weighted by atomic mass is 10.0. The Balaban J connectivity index is 1.80. The van der Waals surface area contributed by atoms with Gasteiger partial charge in [0.1, 0.15) is 22.9 Å². The molecule has 150 valence electrons. The highest BCUT2D eigenvalue weighted by molar-refractivity contribution is 9.10. The zero-order chi connectivity index (χ0) is 20.5. The van der Waals surface area contributed by atoms with Crippen molar-refractivity contribution < 1.29 is 13.9 Å². The lowest BCUT2D eigenvalue weighted by molar-refractivity contribution is 0.0598. The maximum atomic E-state index is 13.3. The number of ether oxygens (including phenoxy) is 1. The van der Waals surface area contributed by atoms with E-state index >= 15 is 0 Å². The molecule has 1 amide bonds. The Morgan fingerprint density at radius 3 is 2.69 bits per heavy atom. The van der Waals surface area contributed by atoms with Gasteiger partial charge >= 0.3 is 0 Å². The van der Waals surface area contributed by atoms with Crippen LogP contribution in [0.3, 0.4) is 0 Å². The molecular weight excluding hydrogens is 434 g/mol. The summed E-state index contributed by atoms with van der Waals surface area (Å²) in [7, 11) is 0. The quantitative estimate of drug-likeness (QED) is 0.495. The molecule has 1 aromatic heterocycles. The molecule has 0 fully saturated rings. The Kier molecular flexibility index (Phi) is 5.56. The number of carbonyl (C=O) groups excluding carboxylic acids is 1. The first kappa shape index (κ1) is 19.9. The van der Waals surface area contributed by atoms with Crippen LogP contribution in [0.1, 0.15) is 48.0 Å². The van der Waals surface area contributed by atoms with E-state index in [1.165, 1.54) is 0 Å². The minimum Gasteiger partial charge on any atom is -0.457 e. The van der Waals surface area contributed by atoms with Gasteiger partial charge in [-0.3, -0.25) is 9.59 Å². The first-order valence-electron chi connectivity index (χ1n) is 9.71. The summed E-state index contributed by atoms with van der Waals surface area (Å²) in [6, 6.07) is 14.4. The molecule has 0 N–H and O–H groups in total. The minimum atomic E-state index is -0.439. The van der Waals surface area contributed by atoms with Gasteiger partial charge in [-0.15, -0.1) is 0 Å². The van der Waals surface area contributed by atoms with Crippen LogP contribution in [0.2, 0.25) is 0 Å². The summed E-state index contributed by atoms with van der Waals surface area (Å²) in [5.41, 5.74) is 1.26. The summed E-state index contributed by atoms with van der Waals surface area (Å²) in [5.74, 6) is 0.135. The highest BCUT2D eigenvalue weighted by Crippen LogP contribution is 2.39. The van der Waals surface area contributed by atoms with Crippen LogP contribution in [0.5, 0.6) is 0 Å². The average molecular weight is 456 g/mol. The van der Waals surface area contributed by atoms with E-state index in [0.717, 1.165) is 10.0 Å². The van der Waals surface area contributed by atoms with Crippen molar-refractivity contribution in [3.63, 3.8) is 0 Å². The van der Waals surface area contributed by atoms with Crippen molar-refractivity contribution in [2.45, 2.75) is 32.4 Å². The fraction of sp³-hybridized carbons (Fsp3) is 0.304. The van der Waals surface area contributed by atoms with Gasteiger partial charge < -0.3 is 14.1 Å². The third-order valence-corrected chi connectivity index (χ3v) is 5.51. The number of amides is 1. The molecule has 1 atom stereocenters. The molecule has 0 bridgehead atoms. The summed E-state index contributed by atoms with van der Waals surface area (Å²) < 4.78 is 12.7. The summed E-state index contributed by atoms with van der Waals surface area (Å²) >= 11 is 3.50. The molecule has 3 aromatic rings. The zero-order valence-electron chi connectivity index (χ0n) is 16.4. The van der Waals surface area contributed by atoms with Crippen molar-refractivity contribution in [1.82, 2.24) is 4.90 Å². The van der Waals surface area contributed by atoms with Crippen LogP contribution in [0.4, 0.5) is 0 Å². The van der Waals surface area contributed by atoms with Gasteiger partial charge in [-0.1, -0.05) is 40.2 Å². The highest BCUT2D eigenvalue weighted by atomic mass is 79.9. The summed E-state index contributed by atoms with van der Waals surface area (Å²) in [6.45, 7) is 4.99. The maximum absolute atomic E-state index is 13.3. The smallest absolute Gasteiger partial charge is 0.262 e. The minimum absolute atomic E-state index is 0.135. The molecule has 0 spiro atoms. The van der Waals surface area contributed by atoms with Crippen molar-refractivity contribution in [2.24, 2.45) is 0 Å². The molecule has 4 rings (SSSR count). The van der Waals surface area contributed by atoms with Crippen molar-refractivity contribution >= 4 is 32.8 Å². The van der Waals surface area contributed by atoms with E-state index in [1.54, 1.807) is 23.1 Å². The van der Waals surface area contributed by atoms with Gasteiger partial charge in [0.25, 0.3) is 5.91 Å². The summed E-state index contributed by atoms with van der Waals surface area (Å²) in [4.78, 5) is 28.1. The third kappa shape index (κ3) is 3.74. The van der Waals surface area contributed by atoms with Crippen LogP contribution in [-0.4, -0.2) is 30.1 Å². The van der Waals surface area contributed by atoms with Crippen LogP contribution in [-0.2, 0) is 4.74 Å². The second-order valence-corrected chi connectivity index (χ2v) is 8.31. The number of halogens is 1. The molecular formula is C23H22BrNO4. The molecule has 1 unspecified atom stereocenters. The van der Waals surface area contributed by atoms with E-state index in [2.05, 4.69) is 15.9 Å². The number of carbonyl (C=O) groups is 1. The second-order valence-electron chi connectivity index (χ2n) is 7.40. The van der Waals surface area contributed by atoms with Gasteiger partial charge in [0.05, 0.1) is 11.5 Å². The van der Waals surface area contributed by atoms with Gasteiger partial charge in [-0.05, 0) is 50.1 Å². The number of fused-ring (bicyclic) bond motifs is 2. The maximum Gasteiger partial charge on any atom is 0.262 e. The van der Waals surface area contributed by atoms with E-state index in [1.807, 2.05) is 44.2 Å². The standard InChI is InChI=1S/C23H22BrNO4/c1-14(2)28-12-6-11-25-20(15-7-5-8-16(24)13-15)22-19(23(25)27)21(26)17-9-3-4-10-18(17)29-22/h3-5,7-10,13-14,20H,6,11-12H2,1-2H3. The molecule has 1 aliphatic heterocycles. The van der Waals surface area contributed by atoms with E-state index in [9.17, 15) is 9.59 Å². The molecule has 0 saturated heterocycles. The Hall–Kier alpha value is -2.44. The molecule has 0 saturated carbocycles. The second kappa shape index (κ2) is 8.13. The lowest BCUT2D eigenvalue weighted by Crippen LogP contribution is -2.31. The van der Waals surface area contributed by atoms with E-state index in [-0.39, 0.29) is 23.0 Å². The summed E-state index contributed by atoms with van der Waals surface area (Å²) in [5, 5.41) is 0.428. The Labute approximate surface area is 177 Å². The SMILES string of the molecule is CC(C)OCCCN1C(=O)c2c(oc3ccccc3c2=O)C1c1cccc(Br)c1. The lowest BCUT2D eigenvalue weighted by Gasteiger charge is -2.25. The number of para-hydroxylation sites is 1. The fourth-order valence-electron chi connectivity index (χ4n) is 3.75. The first-order chi connectivity index (χ1) is 14.0.